The lowest BCUT2D eigenvalue weighted by molar-refractivity contribution is -0.207. The largest absolute Gasteiger partial charge is 0.444 e. The highest BCUT2D eigenvalue weighted by molar-refractivity contribution is 5.98. The molecule has 1 aliphatic rings. The zero-order chi connectivity index (χ0) is 33.8. The summed E-state index contributed by atoms with van der Waals surface area (Å²) >= 11 is 0. The molecule has 250 valence electrons. The number of fused-ring (bicyclic) bond motifs is 1. The molecule has 0 saturated carbocycles. The minimum atomic E-state index is -4.50. The smallest absolute Gasteiger partial charge is 0.416 e. The fourth-order valence-corrected chi connectivity index (χ4v) is 5.38. The number of carbonyl (C=O) groups is 1. The molecule has 10 nitrogen and oxygen atoms in total. The molecule has 3 heterocycles. The van der Waals surface area contributed by atoms with E-state index in [2.05, 4.69) is 25.3 Å². The highest BCUT2D eigenvalue weighted by atomic mass is 19.4. The van der Waals surface area contributed by atoms with Crippen LogP contribution in [0.4, 0.5) is 29.6 Å². The molecule has 1 saturated heterocycles. The Labute approximate surface area is 271 Å². The molecule has 0 aliphatic carbocycles. The van der Waals surface area contributed by atoms with Gasteiger partial charge in [0.1, 0.15) is 11.4 Å². The average Bonchev–Trinajstić information content (AvgIpc) is 3.02. The van der Waals surface area contributed by atoms with E-state index in [0.717, 1.165) is 25.5 Å². The van der Waals surface area contributed by atoms with Gasteiger partial charge in [-0.3, -0.25) is 0 Å². The summed E-state index contributed by atoms with van der Waals surface area (Å²) < 4.78 is 56.5. The second-order valence-corrected chi connectivity index (χ2v) is 12.4. The molecule has 13 heteroatoms. The first-order valence-corrected chi connectivity index (χ1v) is 15.4. The van der Waals surface area contributed by atoms with E-state index in [1.165, 1.54) is 0 Å². The van der Waals surface area contributed by atoms with Crippen molar-refractivity contribution in [2.24, 2.45) is 0 Å². The van der Waals surface area contributed by atoms with Crippen molar-refractivity contribution in [3.63, 3.8) is 0 Å². The Morgan fingerprint density at radius 2 is 1.85 bits per heavy atom. The zero-order valence-electron chi connectivity index (χ0n) is 27.0. The van der Waals surface area contributed by atoms with Crippen LogP contribution in [-0.4, -0.2) is 76.6 Å². The number of nitrogens with one attached hydrogen (secondary N) is 2. The number of anilines is 2. The first-order chi connectivity index (χ1) is 22.3. The van der Waals surface area contributed by atoms with Crippen LogP contribution in [0.5, 0.6) is 11.6 Å². The Hall–Kier alpha value is -4.65. The maximum Gasteiger partial charge on any atom is 0.416 e. The molecule has 2 aromatic heterocycles. The van der Waals surface area contributed by atoms with Gasteiger partial charge in [0, 0.05) is 55.1 Å². The summed E-state index contributed by atoms with van der Waals surface area (Å²) in [6.07, 6.45) is -1.89. The molecule has 1 unspecified atom stereocenters. The van der Waals surface area contributed by atoms with Gasteiger partial charge in [0.25, 0.3) is 0 Å². The van der Waals surface area contributed by atoms with Crippen LogP contribution in [0.15, 0.2) is 60.9 Å². The molecule has 0 spiro atoms. The quantitative estimate of drug-likeness (QED) is 0.189. The van der Waals surface area contributed by atoms with E-state index in [1.807, 2.05) is 52.0 Å². The van der Waals surface area contributed by atoms with E-state index in [4.69, 9.17) is 14.5 Å². The summed E-state index contributed by atoms with van der Waals surface area (Å²) in [5.41, 5.74) is 1.94. The number of rotatable bonds is 9. The molecule has 1 fully saturated rings. The van der Waals surface area contributed by atoms with Crippen molar-refractivity contribution < 1.29 is 32.2 Å². The van der Waals surface area contributed by atoms with E-state index >= 15 is 0 Å². The number of piperidine rings is 1. The summed E-state index contributed by atoms with van der Waals surface area (Å²) in [6, 6.07) is 14.3. The molecular formula is C34H39F3N6O4. The molecule has 5 rings (SSSR count). The molecule has 0 bridgehead atoms. The van der Waals surface area contributed by atoms with Crippen LogP contribution in [0.2, 0.25) is 0 Å². The summed E-state index contributed by atoms with van der Waals surface area (Å²) in [7, 11) is 1.04. The molecule has 2 atom stereocenters. The molecule has 1 aliphatic heterocycles. The highest BCUT2D eigenvalue weighted by Crippen LogP contribution is 2.39. The van der Waals surface area contributed by atoms with Crippen LogP contribution < -0.4 is 15.4 Å². The van der Waals surface area contributed by atoms with Crippen LogP contribution >= 0.6 is 0 Å². The van der Waals surface area contributed by atoms with Gasteiger partial charge >= 0.3 is 12.3 Å². The first kappa shape index (κ1) is 33.7. The SMILES string of the molecule is COC(CNc1cccc2c(Oc3ncccc3-c3ccnc(N[C@@H]4CCCN(C(=O)OC(C)(C)C)C4)n3)c(C)ccc12)C(F)(F)F. The third-order valence-electron chi connectivity index (χ3n) is 7.64. The van der Waals surface area contributed by atoms with Crippen molar-refractivity contribution in [3.8, 4) is 22.9 Å². The first-order valence-electron chi connectivity index (χ1n) is 15.4. The number of aromatic nitrogens is 3. The van der Waals surface area contributed by atoms with Crippen molar-refractivity contribution in [2.45, 2.75) is 64.5 Å². The summed E-state index contributed by atoms with van der Waals surface area (Å²) in [6.45, 7) is 8.06. The second-order valence-electron chi connectivity index (χ2n) is 12.4. The van der Waals surface area contributed by atoms with Gasteiger partial charge in [-0.25, -0.2) is 19.7 Å². The van der Waals surface area contributed by atoms with E-state index in [-0.39, 0.29) is 12.1 Å². The predicted molar refractivity (Wildman–Crippen MR) is 174 cm³/mol. The van der Waals surface area contributed by atoms with Crippen molar-refractivity contribution in [3.05, 3.63) is 66.5 Å². The minimum absolute atomic E-state index is 0.0624. The van der Waals surface area contributed by atoms with Gasteiger partial charge in [-0.15, -0.1) is 0 Å². The molecular weight excluding hydrogens is 613 g/mol. The van der Waals surface area contributed by atoms with Crippen LogP contribution in [-0.2, 0) is 9.47 Å². The zero-order valence-corrected chi connectivity index (χ0v) is 27.0. The number of nitrogens with zero attached hydrogens (tertiary/aromatic N) is 4. The van der Waals surface area contributed by atoms with Gasteiger partial charge in [0.05, 0.1) is 17.8 Å². The number of amides is 1. The second kappa shape index (κ2) is 14.0. The van der Waals surface area contributed by atoms with Gasteiger partial charge in [0.15, 0.2) is 6.10 Å². The van der Waals surface area contributed by atoms with Crippen molar-refractivity contribution >= 4 is 28.5 Å². The van der Waals surface area contributed by atoms with E-state index in [1.54, 1.807) is 41.6 Å². The standard InChI is InChI=1S/C34H39F3N6O4/c1-21-13-14-23-24(10-6-12-26(23)40-19-28(45-5)34(35,36)37)29(21)46-30-25(11-7-16-38-30)27-15-17-39-31(42-27)41-22-9-8-18-43(20-22)32(44)47-33(2,3)4/h6-7,10-17,22,28,40H,8-9,18-20H2,1-5H3,(H,39,41,42)/t22-,28?/m1/s1. The topological polar surface area (TPSA) is 111 Å². The third-order valence-corrected chi connectivity index (χ3v) is 7.64. The van der Waals surface area contributed by atoms with E-state index in [0.29, 0.717) is 58.4 Å². The van der Waals surface area contributed by atoms with Crippen molar-refractivity contribution in [2.75, 3.05) is 37.4 Å². The van der Waals surface area contributed by atoms with Crippen molar-refractivity contribution in [1.82, 2.24) is 19.9 Å². The monoisotopic (exact) mass is 652 g/mol. The Morgan fingerprint density at radius 3 is 2.60 bits per heavy atom. The molecule has 0 radical (unpaired) electrons. The van der Waals surface area contributed by atoms with E-state index < -0.39 is 24.4 Å². The number of hydrogen-bond acceptors (Lipinski definition) is 9. The summed E-state index contributed by atoms with van der Waals surface area (Å²) in [5.74, 6) is 1.22. The number of ether oxygens (including phenoxy) is 3. The van der Waals surface area contributed by atoms with Crippen LogP contribution in [0.25, 0.3) is 22.0 Å². The number of likely N-dealkylation sites (tertiary alicyclic amines) is 1. The number of carbonyl (C=O) groups excluding carboxylic acids is 1. The Kier molecular flexibility index (Phi) is 10.0. The fourth-order valence-electron chi connectivity index (χ4n) is 5.38. The van der Waals surface area contributed by atoms with E-state index in [9.17, 15) is 18.0 Å². The van der Waals surface area contributed by atoms with Gasteiger partial charge in [-0.2, -0.15) is 13.2 Å². The molecule has 1 amide bonds. The minimum Gasteiger partial charge on any atom is -0.444 e. The lowest BCUT2D eigenvalue weighted by Crippen LogP contribution is -2.47. The molecule has 2 aromatic carbocycles. The van der Waals surface area contributed by atoms with Gasteiger partial charge in [-0.1, -0.05) is 24.3 Å². The highest BCUT2D eigenvalue weighted by Gasteiger charge is 2.39. The summed E-state index contributed by atoms with van der Waals surface area (Å²) in [5, 5.41) is 7.63. The Morgan fingerprint density at radius 1 is 1.04 bits per heavy atom. The fraction of sp³-hybridized carbons (Fsp3) is 0.412. The van der Waals surface area contributed by atoms with Gasteiger partial charge < -0.3 is 29.7 Å². The maximum absolute atomic E-state index is 13.3. The normalized spacial score (nSPS) is 16.1. The average molecular weight is 653 g/mol. The van der Waals surface area contributed by atoms with Gasteiger partial charge in [0.2, 0.25) is 11.8 Å². The van der Waals surface area contributed by atoms with Crippen LogP contribution in [0, 0.1) is 6.92 Å². The summed E-state index contributed by atoms with van der Waals surface area (Å²) in [4.78, 5) is 28.0. The Balaban J connectivity index is 1.37. The maximum atomic E-state index is 13.3. The van der Waals surface area contributed by atoms with Crippen LogP contribution in [0.1, 0.15) is 39.2 Å². The third kappa shape index (κ3) is 8.39. The number of halogens is 3. The van der Waals surface area contributed by atoms with Crippen molar-refractivity contribution in [1.29, 1.82) is 0 Å². The van der Waals surface area contributed by atoms with Crippen LogP contribution in [0.3, 0.4) is 0 Å². The number of alkyl halides is 3. The molecule has 47 heavy (non-hydrogen) atoms. The van der Waals surface area contributed by atoms with Gasteiger partial charge in [-0.05, 0) is 70.4 Å². The lowest BCUT2D eigenvalue weighted by Gasteiger charge is -2.34. The number of pyridine rings is 1. The molecule has 4 aromatic rings. The number of benzene rings is 2. The molecule has 2 N–H and O–H groups in total. The number of aryl methyl sites for hydroxylation is 1. The predicted octanol–water partition coefficient (Wildman–Crippen LogP) is 7.59. The Bertz CT molecular complexity index is 1710. The number of hydrogen-bond donors (Lipinski definition) is 2. The number of methoxy groups -OCH3 is 1. The lowest BCUT2D eigenvalue weighted by atomic mass is 10.0.